The highest BCUT2D eigenvalue weighted by atomic mass is 32.2. The van der Waals surface area contributed by atoms with E-state index in [0.29, 0.717) is 31.6 Å². The Balaban J connectivity index is 1.64. The van der Waals surface area contributed by atoms with Crippen LogP contribution in [0.25, 0.3) is 0 Å². The van der Waals surface area contributed by atoms with Crippen LogP contribution in [0.2, 0.25) is 0 Å². The Morgan fingerprint density at radius 3 is 2.47 bits per heavy atom. The highest BCUT2D eigenvalue weighted by Gasteiger charge is 2.19. The van der Waals surface area contributed by atoms with E-state index in [1.54, 1.807) is 30.0 Å². The van der Waals surface area contributed by atoms with Crippen LogP contribution in [0.5, 0.6) is 0 Å². The highest BCUT2D eigenvalue weighted by molar-refractivity contribution is 7.99. The minimum Gasteiger partial charge on any atom is -0.311 e. The van der Waals surface area contributed by atoms with Gasteiger partial charge in [0.05, 0.1) is 0 Å². The van der Waals surface area contributed by atoms with E-state index in [0.717, 1.165) is 16.4 Å². The Morgan fingerprint density at radius 1 is 1.06 bits per heavy atom. The van der Waals surface area contributed by atoms with E-state index in [-0.39, 0.29) is 17.4 Å². The first-order chi connectivity index (χ1) is 15.4. The number of hydrogen-bond donors (Lipinski definition) is 1. The molecule has 0 aliphatic heterocycles. The molecule has 1 amide bonds. The smallest absolute Gasteiger partial charge is 0.277 e. The summed E-state index contributed by atoms with van der Waals surface area (Å²) in [4.78, 5) is 34.9. The number of nitrogens with zero attached hydrogens (tertiary/aromatic N) is 6. The molecule has 0 spiro atoms. The minimum absolute atomic E-state index is 0.000728. The Morgan fingerprint density at radius 2 is 1.84 bits per heavy atom. The first-order valence-electron chi connectivity index (χ1n) is 9.32. The number of carbonyl (C=O) groups excluding carboxylic acids is 2. The lowest BCUT2D eigenvalue weighted by Gasteiger charge is -2.10. The van der Waals surface area contributed by atoms with Crippen molar-refractivity contribution >= 4 is 51.9 Å². The summed E-state index contributed by atoms with van der Waals surface area (Å²) < 4.78 is 5.87. The van der Waals surface area contributed by atoms with E-state index in [4.69, 9.17) is 0 Å². The monoisotopic (exact) mass is 483 g/mol. The zero-order chi connectivity index (χ0) is 22.7. The molecule has 4 rings (SSSR count). The number of hydrogen-bond acceptors (Lipinski definition) is 10. The Kier molecular flexibility index (Phi) is 6.63. The van der Waals surface area contributed by atoms with Crippen LogP contribution < -0.4 is 5.32 Å². The fraction of sp³-hybridized carbons (Fsp3) is 0.150. The lowest BCUT2D eigenvalue weighted by molar-refractivity contribution is 0.101. The molecule has 3 aromatic heterocycles. The van der Waals surface area contributed by atoms with E-state index < -0.39 is 0 Å². The molecule has 0 aliphatic rings. The van der Waals surface area contributed by atoms with Gasteiger partial charge in [-0.15, -0.1) is 10.2 Å². The van der Waals surface area contributed by atoms with Gasteiger partial charge < -0.3 is 4.57 Å². The second-order valence-electron chi connectivity index (χ2n) is 6.61. The molecule has 162 valence electrons. The molecule has 32 heavy (non-hydrogen) atoms. The predicted octanol–water partition coefficient (Wildman–Crippen LogP) is 4.13. The SMILES string of the molecule is CC(=O)c1ccc(Sc2ccc(Sc3nncn3C)nc2C(=O)Nc2nc(C)ns2)cc1. The van der Waals surface area contributed by atoms with Gasteiger partial charge in [-0.2, -0.15) is 4.37 Å². The molecule has 1 aromatic carbocycles. The van der Waals surface area contributed by atoms with Crippen LogP contribution in [0.1, 0.15) is 33.6 Å². The topological polar surface area (TPSA) is 116 Å². The van der Waals surface area contributed by atoms with Gasteiger partial charge >= 0.3 is 0 Å². The maximum Gasteiger partial charge on any atom is 0.277 e. The second-order valence-corrected chi connectivity index (χ2v) is 9.46. The van der Waals surface area contributed by atoms with Gasteiger partial charge in [-0.05, 0) is 49.9 Å². The summed E-state index contributed by atoms with van der Waals surface area (Å²) in [6, 6.07) is 10.9. The average molecular weight is 484 g/mol. The van der Waals surface area contributed by atoms with Gasteiger partial charge in [0.25, 0.3) is 5.91 Å². The predicted molar refractivity (Wildman–Crippen MR) is 123 cm³/mol. The molecule has 1 N–H and O–H groups in total. The summed E-state index contributed by atoms with van der Waals surface area (Å²) in [5.41, 5.74) is 0.887. The summed E-state index contributed by atoms with van der Waals surface area (Å²) in [5, 5.41) is 12.4. The number of aromatic nitrogens is 6. The molecule has 12 heteroatoms. The van der Waals surface area contributed by atoms with E-state index in [1.165, 1.54) is 30.4 Å². The van der Waals surface area contributed by atoms with Crippen LogP contribution in [0, 0.1) is 6.92 Å². The number of anilines is 1. The van der Waals surface area contributed by atoms with Crippen LogP contribution in [0.15, 0.2) is 62.7 Å². The van der Waals surface area contributed by atoms with Crippen molar-refractivity contribution in [2.24, 2.45) is 7.05 Å². The quantitative estimate of drug-likeness (QED) is 0.387. The molecule has 0 radical (unpaired) electrons. The summed E-state index contributed by atoms with van der Waals surface area (Å²) in [7, 11) is 1.84. The Hall–Kier alpha value is -3.09. The zero-order valence-electron chi connectivity index (χ0n) is 17.3. The molecule has 9 nitrogen and oxygen atoms in total. The van der Waals surface area contributed by atoms with Gasteiger partial charge in [0, 0.05) is 33.9 Å². The first-order valence-corrected chi connectivity index (χ1v) is 11.7. The fourth-order valence-corrected chi connectivity index (χ4v) is 4.78. The Labute approximate surface area is 196 Å². The molecule has 0 bridgehead atoms. The molecule has 0 fully saturated rings. The number of rotatable bonds is 7. The first kappa shape index (κ1) is 22.1. The summed E-state index contributed by atoms with van der Waals surface area (Å²) in [6.07, 6.45) is 1.60. The standard InChI is InChI=1S/C20H17N7O2S3/c1-11(28)13-4-6-14(7-5-13)30-15-8-9-16(31-20-25-21-10-27(20)3)23-17(15)18(29)24-19-22-12(2)26-32-19/h4-10H,1-3H3,(H,22,24,26,29). The number of benzene rings is 1. The van der Waals surface area contributed by atoms with E-state index in [9.17, 15) is 9.59 Å². The van der Waals surface area contributed by atoms with Gasteiger partial charge in [-0.3, -0.25) is 14.9 Å². The number of carbonyl (C=O) groups is 2. The maximum absolute atomic E-state index is 13.1. The third-order valence-electron chi connectivity index (χ3n) is 4.15. The number of amides is 1. The van der Waals surface area contributed by atoms with Crippen molar-refractivity contribution in [2.45, 2.75) is 33.8 Å². The number of ketones is 1. The third-order valence-corrected chi connectivity index (χ3v) is 6.92. The van der Waals surface area contributed by atoms with Crippen molar-refractivity contribution < 1.29 is 9.59 Å². The van der Waals surface area contributed by atoms with Crippen molar-refractivity contribution in [2.75, 3.05) is 5.32 Å². The fourth-order valence-electron chi connectivity index (χ4n) is 2.58. The van der Waals surface area contributed by atoms with Crippen molar-refractivity contribution in [3.8, 4) is 0 Å². The molecule has 0 unspecified atom stereocenters. The molecule has 0 aliphatic carbocycles. The van der Waals surface area contributed by atoms with Gasteiger partial charge in [-0.25, -0.2) is 9.97 Å². The van der Waals surface area contributed by atoms with Gasteiger partial charge in [0.1, 0.15) is 22.9 Å². The molecule has 4 aromatic rings. The van der Waals surface area contributed by atoms with Crippen molar-refractivity contribution in [1.82, 2.24) is 29.1 Å². The second kappa shape index (κ2) is 9.59. The van der Waals surface area contributed by atoms with E-state index >= 15 is 0 Å². The molecule has 3 heterocycles. The highest BCUT2D eigenvalue weighted by Crippen LogP contribution is 2.33. The van der Waals surface area contributed by atoms with Gasteiger partial charge in [0.15, 0.2) is 10.9 Å². The van der Waals surface area contributed by atoms with E-state index in [2.05, 4.69) is 29.9 Å². The van der Waals surface area contributed by atoms with Crippen LogP contribution in [-0.4, -0.2) is 40.8 Å². The number of aryl methyl sites for hydroxylation is 2. The molecule has 0 atom stereocenters. The lowest BCUT2D eigenvalue weighted by Crippen LogP contribution is -2.15. The van der Waals surface area contributed by atoms with Gasteiger partial charge in [0.2, 0.25) is 5.13 Å². The molecular weight excluding hydrogens is 466 g/mol. The number of nitrogens with one attached hydrogen (secondary N) is 1. The van der Waals surface area contributed by atoms with Crippen LogP contribution in [0.3, 0.4) is 0 Å². The third kappa shape index (κ3) is 5.21. The minimum atomic E-state index is -0.385. The number of Topliss-reactive ketones (excluding diaryl/α,β-unsaturated/α-hetero) is 1. The van der Waals surface area contributed by atoms with Crippen LogP contribution in [-0.2, 0) is 7.05 Å². The van der Waals surface area contributed by atoms with Crippen LogP contribution >= 0.6 is 35.1 Å². The van der Waals surface area contributed by atoms with Crippen molar-refractivity contribution in [3.05, 3.63) is 59.8 Å². The van der Waals surface area contributed by atoms with Crippen LogP contribution in [0.4, 0.5) is 5.13 Å². The maximum atomic E-state index is 13.1. The van der Waals surface area contributed by atoms with Crippen molar-refractivity contribution in [1.29, 1.82) is 0 Å². The summed E-state index contributed by atoms with van der Waals surface area (Å²) >= 11 is 3.81. The van der Waals surface area contributed by atoms with E-state index in [1.807, 2.05) is 31.3 Å². The number of pyridine rings is 1. The normalized spacial score (nSPS) is 10.8. The summed E-state index contributed by atoms with van der Waals surface area (Å²) in [6.45, 7) is 3.28. The Bertz CT molecular complexity index is 1280. The molecular formula is C20H17N7O2S3. The largest absolute Gasteiger partial charge is 0.311 e. The lowest BCUT2D eigenvalue weighted by atomic mass is 10.2. The average Bonchev–Trinajstić information content (AvgIpc) is 3.37. The molecule has 0 saturated carbocycles. The zero-order valence-corrected chi connectivity index (χ0v) is 19.7. The van der Waals surface area contributed by atoms with Gasteiger partial charge in [-0.1, -0.05) is 23.9 Å². The molecule has 0 saturated heterocycles. The summed E-state index contributed by atoms with van der Waals surface area (Å²) in [5.74, 6) is 0.204. The van der Waals surface area contributed by atoms with Crippen molar-refractivity contribution in [3.63, 3.8) is 0 Å².